The molecule has 116 valence electrons. The Bertz CT molecular complexity index is 689. The number of phenolic OH excluding ortho intramolecular Hbond substituents is 1. The number of hydrogen-bond donors (Lipinski definition) is 2. The van der Waals surface area contributed by atoms with Gasteiger partial charge in [-0.1, -0.05) is 13.8 Å². The van der Waals surface area contributed by atoms with E-state index in [9.17, 15) is 9.90 Å². The van der Waals surface area contributed by atoms with Gasteiger partial charge in [0.25, 0.3) is 0 Å². The number of carbonyl (C=O) groups excluding carboxylic acids is 1. The highest BCUT2D eigenvalue weighted by Gasteiger charge is 2.45. The van der Waals surface area contributed by atoms with Gasteiger partial charge in [0.1, 0.15) is 11.5 Å². The lowest BCUT2D eigenvalue weighted by molar-refractivity contribution is -0.117. The third-order valence-electron chi connectivity index (χ3n) is 4.29. The summed E-state index contributed by atoms with van der Waals surface area (Å²) in [7, 11) is 0. The third kappa shape index (κ3) is 2.73. The Morgan fingerprint density at radius 2 is 2.18 bits per heavy atom. The van der Waals surface area contributed by atoms with E-state index in [1.165, 1.54) is 0 Å². The largest absolute Gasteiger partial charge is 0.508 e. The fraction of sp³-hybridized carbons (Fsp3) is 0.389. The number of phenols is 1. The number of aromatic hydroxyl groups is 1. The van der Waals surface area contributed by atoms with Crippen LogP contribution in [0.5, 0.6) is 5.75 Å². The molecule has 1 heterocycles. The fourth-order valence-electron chi connectivity index (χ4n) is 2.83. The standard InChI is InChI=1S/C18H21NO3/c1-10(2)12-9-15(11(3)7-16(12)20)19-18(21)14-8-13(14)17-5-4-6-22-17/h4-7,9-10,13-14,20H,8H2,1-3H3,(H,19,21)/t13-,14-/m1/s1. The normalized spacial score (nSPS) is 20.2. The van der Waals surface area contributed by atoms with Gasteiger partial charge < -0.3 is 14.8 Å². The van der Waals surface area contributed by atoms with Gasteiger partial charge in [0.05, 0.1) is 6.26 Å². The van der Waals surface area contributed by atoms with E-state index >= 15 is 0 Å². The molecule has 0 spiro atoms. The molecular weight excluding hydrogens is 278 g/mol. The Kier molecular flexibility index (Phi) is 3.69. The Balaban J connectivity index is 1.74. The summed E-state index contributed by atoms with van der Waals surface area (Å²) in [5.74, 6) is 1.55. The first kappa shape index (κ1) is 14.7. The summed E-state index contributed by atoms with van der Waals surface area (Å²) in [4.78, 5) is 12.4. The zero-order valence-electron chi connectivity index (χ0n) is 13.1. The van der Waals surface area contributed by atoms with E-state index in [4.69, 9.17) is 4.42 Å². The maximum atomic E-state index is 12.4. The number of anilines is 1. The lowest BCUT2D eigenvalue weighted by Gasteiger charge is -2.14. The summed E-state index contributed by atoms with van der Waals surface area (Å²) in [6, 6.07) is 7.35. The lowest BCUT2D eigenvalue weighted by Crippen LogP contribution is -2.15. The highest BCUT2D eigenvalue weighted by molar-refractivity contribution is 5.96. The van der Waals surface area contributed by atoms with Crippen LogP contribution in [0.1, 0.15) is 49.0 Å². The van der Waals surface area contributed by atoms with Crippen LogP contribution in [0.4, 0.5) is 5.69 Å². The fourth-order valence-corrected chi connectivity index (χ4v) is 2.83. The minimum atomic E-state index is -0.0261. The van der Waals surface area contributed by atoms with Crippen LogP contribution < -0.4 is 5.32 Å². The number of rotatable bonds is 4. The van der Waals surface area contributed by atoms with Crippen LogP contribution >= 0.6 is 0 Å². The average Bonchev–Trinajstić information content (AvgIpc) is 3.07. The van der Waals surface area contributed by atoms with Crippen molar-refractivity contribution in [2.24, 2.45) is 5.92 Å². The first-order valence-electron chi connectivity index (χ1n) is 7.65. The van der Waals surface area contributed by atoms with E-state index in [1.54, 1.807) is 12.3 Å². The van der Waals surface area contributed by atoms with Crippen LogP contribution in [0.2, 0.25) is 0 Å². The van der Waals surface area contributed by atoms with Crippen molar-refractivity contribution in [3.63, 3.8) is 0 Å². The number of carbonyl (C=O) groups is 1. The third-order valence-corrected chi connectivity index (χ3v) is 4.29. The number of furan rings is 1. The second-order valence-electron chi connectivity index (χ2n) is 6.33. The molecule has 1 aromatic carbocycles. The Morgan fingerprint density at radius 1 is 1.41 bits per heavy atom. The minimum Gasteiger partial charge on any atom is -0.508 e. The molecule has 1 aliphatic carbocycles. The van der Waals surface area contributed by atoms with Crippen molar-refractivity contribution in [1.29, 1.82) is 0 Å². The molecule has 0 saturated heterocycles. The molecule has 1 fully saturated rings. The predicted octanol–water partition coefficient (Wildman–Crippen LogP) is 4.16. The molecule has 0 bridgehead atoms. The molecule has 2 atom stereocenters. The quantitative estimate of drug-likeness (QED) is 0.833. The first-order valence-corrected chi connectivity index (χ1v) is 7.65. The SMILES string of the molecule is Cc1cc(O)c(C(C)C)cc1NC(=O)[C@@H]1C[C@H]1c1ccco1. The molecule has 2 N–H and O–H groups in total. The zero-order valence-corrected chi connectivity index (χ0v) is 13.1. The number of nitrogens with one attached hydrogen (secondary N) is 1. The van der Waals surface area contributed by atoms with Crippen molar-refractivity contribution in [2.45, 2.75) is 39.0 Å². The molecule has 1 amide bonds. The Hall–Kier alpha value is -2.23. The molecule has 1 aliphatic rings. The van der Waals surface area contributed by atoms with E-state index in [0.717, 1.165) is 29.0 Å². The number of aryl methyl sites for hydroxylation is 1. The van der Waals surface area contributed by atoms with E-state index in [0.29, 0.717) is 0 Å². The van der Waals surface area contributed by atoms with Crippen molar-refractivity contribution in [1.82, 2.24) is 0 Å². The average molecular weight is 299 g/mol. The second kappa shape index (κ2) is 5.52. The summed E-state index contributed by atoms with van der Waals surface area (Å²) >= 11 is 0. The van der Waals surface area contributed by atoms with Crippen molar-refractivity contribution in [3.8, 4) is 5.75 Å². The van der Waals surface area contributed by atoms with E-state index in [2.05, 4.69) is 5.32 Å². The molecule has 0 radical (unpaired) electrons. The van der Waals surface area contributed by atoms with Gasteiger partial charge in [0, 0.05) is 17.5 Å². The van der Waals surface area contributed by atoms with Gasteiger partial charge in [-0.15, -0.1) is 0 Å². The smallest absolute Gasteiger partial charge is 0.228 e. The molecule has 4 nitrogen and oxygen atoms in total. The summed E-state index contributed by atoms with van der Waals surface area (Å²) in [5.41, 5.74) is 2.49. The highest BCUT2D eigenvalue weighted by Crippen LogP contribution is 2.48. The highest BCUT2D eigenvalue weighted by atomic mass is 16.3. The van der Waals surface area contributed by atoms with Crippen molar-refractivity contribution in [2.75, 3.05) is 5.32 Å². The minimum absolute atomic E-state index is 0.0184. The molecule has 22 heavy (non-hydrogen) atoms. The topological polar surface area (TPSA) is 62.5 Å². The monoisotopic (exact) mass is 299 g/mol. The summed E-state index contributed by atoms with van der Waals surface area (Å²) in [6.45, 7) is 5.92. The number of benzene rings is 1. The van der Waals surface area contributed by atoms with Crippen LogP contribution in [0.15, 0.2) is 34.9 Å². The van der Waals surface area contributed by atoms with Crippen molar-refractivity contribution >= 4 is 11.6 Å². The Morgan fingerprint density at radius 3 is 2.82 bits per heavy atom. The zero-order chi connectivity index (χ0) is 15.9. The summed E-state index contributed by atoms with van der Waals surface area (Å²) in [6.07, 6.45) is 2.47. The summed E-state index contributed by atoms with van der Waals surface area (Å²) < 4.78 is 5.37. The van der Waals surface area contributed by atoms with Crippen LogP contribution in [-0.4, -0.2) is 11.0 Å². The molecule has 0 aliphatic heterocycles. The molecule has 3 rings (SSSR count). The molecule has 2 aromatic rings. The van der Waals surface area contributed by atoms with E-state index in [-0.39, 0.29) is 29.4 Å². The van der Waals surface area contributed by atoms with Gasteiger partial charge >= 0.3 is 0 Å². The van der Waals surface area contributed by atoms with Crippen LogP contribution in [0, 0.1) is 12.8 Å². The summed E-state index contributed by atoms with van der Waals surface area (Å²) in [5, 5.41) is 13.0. The van der Waals surface area contributed by atoms with Gasteiger partial charge in [-0.3, -0.25) is 4.79 Å². The van der Waals surface area contributed by atoms with Gasteiger partial charge in [-0.25, -0.2) is 0 Å². The molecule has 1 saturated carbocycles. The van der Waals surface area contributed by atoms with Gasteiger partial charge in [0.2, 0.25) is 5.91 Å². The van der Waals surface area contributed by atoms with E-state index in [1.807, 2.05) is 39.0 Å². The molecular formula is C18H21NO3. The second-order valence-corrected chi connectivity index (χ2v) is 6.33. The number of amides is 1. The van der Waals surface area contributed by atoms with Crippen LogP contribution in [-0.2, 0) is 4.79 Å². The van der Waals surface area contributed by atoms with Gasteiger partial charge in [0.15, 0.2) is 0 Å². The number of hydrogen-bond acceptors (Lipinski definition) is 3. The van der Waals surface area contributed by atoms with Gasteiger partial charge in [-0.2, -0.15) is 0 Å². The molecule has 1 aromatic heterocycles. The first-order chi connectivity index (χ1) is 10.5. The van der Waals surface area contributed by atoms with Crippen LogP contribution in [0.3, 0.4) is 0 Å². The van der Waals surface area contributed by atoms with Crippen molar-refractivity contribution in [3.05, 3.63) is 47.4 Å². The predicted molar refractivity (Wildman–Crippen MR) is 85.1 cm³/mol. The molecule has 4 heteroatoms. The van der Waals surface area contributed by atoms with Gasteiger partial charge in [-0.05, 0) is 54.7 Å². The maximum Gasteiger partial charge on any atom is 0.228 e. The van der Waals surface area contributed by atoms with E-state index < -0.39 is 0 Å². The van der Waals surface area contributed by atoms with Crippen molar-refractivity contribution < 1.29 is 14.3 Å². The lowest BCUT2D eigenvalue weighted by atomic mass is 9.99. The van der Waals surface area contributed by atoms with Crippen LogP contribution in [0.25, 0.3) is 0 Å². The Labute approximate surface area is 130 Å². The molecule has 0 unspecified atom stereocenters. The maximum absolute atomic E-state index is 12.4.